The molecular weight excluding hydrogens is 348 g/mol. The molecule has 0 saturated carbocycles. The highest BCUT2D eigenvalue weighted by Crippen LogP contribution is 2.30. The van der Waals surface area contributed by atoms with E-state index in [9.17, 15) is 4.79 Å². The highest BCUT2D eigenvalue weighted by Gasteiger charge is 2.19. The van der Waals surface area contributed by atoms with Gasteiger partial charge in [-0.05, 0) is 68.7 Å². The standard InChI is InChI=1S/C21H21ClN2O2/c1-13-11-16(24-9-3-4-10-24)6-7-18(13)23-21(25)20-14(2)17-12-15(22)5-8-19(17)26-20/h5-8,11-12H,3-4,9-10H2,1-2H3,(H,23,25). The smallest absolute Gasteiger partial charge is 0.291 e. The van der Waals surface area contributed by atoms with Crippen LogP contribution in [-0.2, 0) is 0 Å². The second-order valence-electron chi connectivity index (χ2n) is 6.84. The Morgan fingerprint density at radius 1 is 1.12 bits per heavy atom. The number of hydrogen-bond donors (Lipinski definition) is 1. The molecule has 1 amide bonds. The summed E-state index contributed by atoms with van der Waals surface area (Å²) in [7, 11) is 0. The van der Waals surface area contributed by atoms with E-state index in [-0.39, 0.29) is 5.91 Å². The van der Waals surface area contributed by atoms with Crippen LogP contribution in [0.4, 0.5) is 11.4 Å². The van der Waals surface area contributed by atoms with Gasteiger partial charge in [0.15, 0.2) is 5.76 Å². The van der Waals surface area contributed by atoms with Crippen molar-refractivity contribution in [3.05, 3.63) is 58.3 Å². The third-order valence-electron chi connectivity index (χ3n) is 5.03. The van der Waals surface area contributed by atoms with Crippen LogP contribution in [0.1, 0.15) is 34.5 Å². The van der Waals surface area contributed by atoms with Crippen LogP contribution in [0.15, 0.2) is 40.8 Å². The number of halogens is 1. The van der Waals surface area contributed by atoms with Gasteiger partial charge >= 0.3 is 0 Å². The largest absolute Gasteiger partial charge is 0.451 e. The van der Waals surface area contributed by atoms with Crippen molar-refractivity contribution in [3.63, 3.8) is 0 Å². The van der Waals surface area contributed by atoms with E-state index in [0.29, 0.717) is 16.4 Å². The predicted octanol–water partition coefficient (Wildman–Crippen LogP) is 5.56. The Hall–Kier alpha value is -2.46. The number of carbonyl (C=O) groups is 1. The van der Waals surface area contributed by atoms with Gasteiger partial charge in [-0.3, -0.25) is 4.79 Å². The number of benzene rings is 2. The molecule has 0 radical (unpaired) electrons. The summed E-state index contributed by atoms with van der Waals surface area (Å²) < 4.78 is 5.75. The highest BCUT2D eigenvalue weighted by atomic mass is 35.5. The molecular formula is C21H21ClN2O2. The molecule has 2 aromatic carbocycles. The molecule has 1 saturated heterocycles. The van der Waals surface area contributed by atoms with Gasteiger partial charge in [0, 0.05) is 40.4 Å². The van der Waals surface area contributed by atoms with Crippen molar-refractivity contribution in [1.29, 1.82) is 0 Å². The maximum atomic E-state index is 12.7. The first-order valence-electron chi connectivity index (χ1n) is 8.88. The Morgan fingerprint density at radius 2 is 1.88 bits per heavy atom. The molecule has 0 unspecified atom stereocenters. The Morgan fingerprint density at radius 3 is 2.62 bits per heavy atom. The van der Waals surface area contributed by atoms with Crippen molar-refractivity contribution in [2.24, 2.45) is 0 Å². The zero-order valence-corrected chi connectivity index (χ0v) is 15.7. The fourth-order valence-electron chi connectivity index (χ4n) is 3.55. The molecule has 1 aromatic heterocycles. The number of hydrogen-bond acceptors (Lipinski definition) is 3. The van der Waals surface area contributed by atoms with E-state index in [1.165, 1.54) is 18.5 Å². The van der Waals surface area contributed by atoms with Crippen LogP contribution in [0.25, 0.3) is 11.0 Å². The van der Waals surface area contributed by atoms with Crippen molar-refractivity contribution in [3.8, 4) is 0 Å². The Balaban J connectivity index is 1.59. The normalized spacial score (nSPS) is 14.2. The summed E-state index contributed by atoms with van der Waals surface area (Å²) in [6, 6.07) is 11.5. The topological polar surface area (TPSA) is 45.5 Å². The number of aryl methyl sites for hydroxylation is 2. The second-order valence-corrected chi connectivity index (χ2v) is 7.28. The van der Waals surface area contributed by atoms with Gasteiger partial charge in [-0.25, -0.2) is 0 Å². The number of carbonyl (C=O) groups excluding carboxylic acids is 1. The molecule has 1 aliphatic heterocycles. The molecule has 0 atom stereocenters. The maximum Gasteiger partial charge on any atom is 0.291 e. The van der Waals surface area contributed by atoms with Crippen molar-refractivity contribution < 1.29 is 9.21 Å². The molecule has 0 aliphatic carbocycles. The van der Waals surface area contributed by atoms with E-state index in [1.54, 1.807) is 12.1 Å². The summed E-state index contributed by atoms with van der Waals surface area (Å²) >= 11 is 6.05. The van der Waals surface area contributed by atoms with Crippen molar-refractivity contribution in [2.75, 3.05) is 23.3 Å². The first kappa shape index (κ1) is 17.0. The minimum absolute atomic E-state index is 0.244. The van der Waals surface area contributed by atoms with E-state index in [0.717, 1.165) is 35.3 Å². The van der Waals surface area contributed by atoms with Gasteiger partial charge in [0.2, 0.25) is 0 Å². The lowest BCUT2D eigenvalue weighted by atomic mass is 10.1. The predicted molar refractivity (Wildman–Crippen MR) is 107 cm³/mol. The molecule has 4 nitrogen and oxygen atoms in total. The molecule has 1 fully saturated rings. The molecule has 2 heterocycles. The highest BCUT2D eigenvalue weighted by molar-refractivity contribution is 6.31. The van der Waals surface area contributed by atoms with Crippen molar-refractivity contribution in [2.45, 2.75) is 26.7 Å². The third-order valence-corrected chi connectivity index (χ3v) is 5.27. The van der Waals surface area contributed by atoms with Gasteiger partial charge < -0.3 is 14.6 Å². The number of fused-ring (bicyclic) bond motifs is 1. The quantitative estimate of drug-likeness (QED) is 0.658. The van der Waals surface area contributed by atoms with E-state index in [2.05, 4.69) is 22.3 Å². The maximum absolute atomic E-state index is 12.7. The van der Waals surface area contributed by atoms with Crippen LogP contribution in [-0.4, -0.2) is 19.0 Å². The summed E-state index contributed by atoms with van der Waals surface area (Å²) in [6.07, 6.45) is 2.49. The van der Waals surface area contributed by atoms with Crippen LogP contribution in [0.2, 0.25) is 5.02 Å². The van der Waals surface area contributed by atoms with Crippen LogP contribution in [0.3, 0.4) is 0 Å². The van der Waals surface area contributed by atoms with Crippen LogP contribution < -0.4 is 10.2 Å². The summed E-state index contributed by atoms with van der Waals surface area (Å²) in [4.78, 5) is 15.1. The van der Waals surface area contributed by atoms with Gasteiger partial charge in [0.1, 0.15) is 5.58 Å². The fraction of sp³-hybridized carbons (Fsp3) is 0.286. The Bertz CT molecular complexity index is 987. The average molecular weight is 369 g/mol. The van der Waals surface area contributed by atoms with E-state index in [1.807, 2.05) is 26.0 Å². The minimum Gasteiger partial charge on any atom is -0.451 e. The van der Waals surface area contributed by atoms with Crippen molar-refractivity contribution >= 4 is 39.9 Å². The second kappa shape index (κ2) is 6.69. The number of nitrogens with zero attached hydrogens (tertiary/aromatic N) is 1. The number of furan rings is 1. The lowest BCUT2D eigenvalue weighted by Gasteiger charge is -2.19. The lowest BCUT2D eigenvalue weighted by Crippen LogP contribution is -2.18. The average Bonchev–Trinajstić information content (AvgIpc) is 3.26. The molecule has 134 valence electrons. The van der Waals surface area contributed by atoms with Crippen molar-refractivity contribution in [1.82, 2.24) is 0 Å². The van der Waals surface area contributed by atoms with Crippen LogP contribution in [0, 0.1) is 13.8 Å². The van der Waals surface area contributed by atoms with E-state index < -0.39 is 0 Å². The van der Waals surface area contributed by atoms with Gasteiger partial charge in [0.25, 0.3) is 5.91 Å². The molecule has 0 spiro atoms. The Kier molecular flexibility index (Phi) is 4.37. The summed E-state index contributed by atoms with van der Waals surface area (Å²) in [5, 5.41) is 4.47. The summed E-state index contributed by atoms with van der Waals surface area (Å²) in [6.45, 7) is 6.10. The zero-order valence-electron chi connectivity index (χ0n) is 14.9. The molecule has 26 heavy (non-hydrogen) atoms. The number of nitrogens with one attached hydrogen (secondary N) is 1. The molecule has 3 aromatic rings. The molecule has 1 aliphatic rings. The number of rotatable bonds is 3. The molecule has 0 bridgehead atoms. The van der Waals surface area contributed by atoms with E-state index in [4.69, 9.17) is 16.0 Å². The molecule has 5 heteroatoms. The van der Waals surface area contributed by atoms with Gasteiger partial charge in [-0.1, -0.05) is 11.6 Å². The summed E-state index contributed by atoms with van der Waals surface area (Å²) in [5.41, 5.74) is 4.52. The van der Waals surface area contributed by atoms with Gasteiger partial charge in [-0.15, -0.1) is 0 Å². The third kappa shape index (κ3) is 3.06. The fourth-order valence-corrected chi connectivity index (χ4v) is 3.72. The lowest BCUT2D eigenvalue weighted by molar-refractivity contribution is 0.0998. The minimum atomic E-state index is -0.244. The molecule has 4 rings (SSSR count). The first-order valence-corrected chi connectivity index (χ1v) is 9.26. The van der Waals surface area contributed by atoms with E-state index >= 15 is 0 Å². The zero-order chi connectivity index (χ0) is 18.3. The number of amides is 1. The Labute approximate surface area is 157 Å². The van der Waals surface area contributed by atoms with Gasteiger partial charge in [-0.2, -0.15) is 0 Å². The number of anilines is 2. The van der Waals surface area contributed by atoms with Crippen LogP contribution >= 0.6 is 11.6 Å². The monoisotopic (exact) mass is 368 g/mol. The summed E-state index contributed by atoms with van der Waals surface area (Å²) in [5.74, 6) is 0.0807. The van der Waals surface area contributed by atoms with Crippen LogP contribution in [0.5, 0.6) is 0 Å². The molecule has 1 N–H and O–H groups in total. The first-order chi connectivity index (χ1) is 12.5. The van der Waals surface area contributed by atoms with Gasteiger partial charge in [0.05, 0.1) is 0 Å². The SMILES string of the molecule is Cc1cc(N2CCCC2)ccc1NC(=O)c1oc2ccc(Cl)cc2c1C.